The number of anilines is 1. The molecule has 0 bridgehead atoms. The lowest BCUT2D eigenvalue weighted by atomic mass is 10.1. The summed E-state index contributed by atoms with van der Waals surface area (Å²) < 4.78 is 11.3. The summed E-state index contributed by atoms with van der Waals surface area (Å²) in [7, 11) is 0. The molecular weight excluding hydrogens is 342 g/mol. The number of benzene rings is 1. The molecule has 0 saturated carbocycles. The van der Waals surface area contributed by atoms with Gasteiger partial charge in [0.25, 0.3) is 5.91 Å². The molecule has 1 aromatic heterocycles. The Labute approximate surface area is 159 Å². The van der Waals surface area contributed by atoms with E-state index in [-0.39, 0.29) is 12.0 Å². The maximum atomic E-state index is 12.8. The molecule has 1 atom stereocenters. The highest BCUT2D eigenvalue weighted by molar-refractivity contribution is 5.94. The Bertz CT molecular complexity index is 737. The van der Waals surface area contributed by atoms with Crippen LogP contribution in [0, 0.1) is 0 Å². The molecule has 0 radical (unpaired) electrons. The Kier molecular flexibility index (Phi) is 5.53. The van der Waals surface area contributed by atoms with E-state index in [1.54, 1.807) is 6.20 Å². The van der Waals surface area contributed by atoms with Crippen LogP contribution < -0.4 is 9.64 Å². The number of pyridine rings is 1. The number of rotatable bonds is 5. The highest BCUT2D eigenvalue weighted by Gasteiger charge is 2.23. The molecule has 1 amide bonds. The molecule has 2 saturated heterocycles. The standard InChI is InChI=1S/C21H25N3O3/c25-21(24-13-11-23(12-14-24)20-5-1-2-10-22-20)17-6-8-18(9-7-17)27-16-19-4-3-15-26-19/h1-2,5-10,19H,3-4,11-16H2. The molecule has 2 aliphatic heterocycles. The van der Waals surface area contributed by atoms with Crippen molar-refractivity contribution in [2.24, 2.45) is 0 Å². The quantitative estimate of drug-likeness (QED) is 0.813. The number of aromatic nitrogens is 1. The van der Waals surface area contributed by atoms with Crippen molar-refractivity contribution in [3.8, 4) is 5.75 Å². The van der Waals surface area contributed by atoms with Crippen molar-refractivity contribution < 1.29 is 14.3 Å². The van der Waals surface area contributed by atoms with Gasteiger partial charge in [-0.25, -0.2) is 4.98 Å². The molecule has 2 fully saturated rings. The summed E-state index contributed by atoms with van der Waals surface area (Å²) in [4.78, 5) is 21.3. The summed E-state index contributed by atoms with van der Waals surface area (Å²) >= 11 is 0. The molecule has 2 aromatic rings. The minimum absolute atomic E-state index is 0.0707. The topological polar surface area (TPSA) is 54.9 Å². The largest absolute Gasteiger partial charge is 0.491 e. The van der Waals surface area contributed by atoms with Crippen molar-refractivity contribution in [1.82, 2.24) is 9.88 Å². The van der Waals surface area contributed by atoms with Gasteiger partial charge in [-0.1, -0.05) is 6.07 Å². The third kappa shape index (κ3) is 4.39. The van der Waals surface area contributed by atoms with Crippen LogP contribution in [0.3, 0.4) is 0 Å². The van der Waals surface area contributed by atoms with E-state index in [0.717, 1.165) is 44.1 Å². The summed E-state index contributed by atoms with van der Waals surface area (Å²) in [6.45, 7) is 4.40. The van der Waals surface area contributed by atoms with E-state index < -0.39 is 0 Å². The Balaban J connectivity index is 1.29. The van der Waals surface area contributed by atoms with Gasteiger partial charge in [0, 0.05) is 44.5 Å². The van der Waals surface area contributed by atoms with Gasteiger partial charge in [-0.3, -0.25) is 4.79 Å². The van der Waals surface area contributed by atoms with Crippen molar-refractivity contribution in [2.45, 2.75) is 18.9 Å². The van der Waals surface area contributed by atoms with E-state index in [4.69, 9.17) is 9.47 Å². The number of hydrogen-bond donors (Lipinski definition) is 0. The summed E-state index contributed by atoms with van der Waals surface area (Å²) in [5, 5.41) is 0. The second kappa shape index (κ2) is 8.39. The van der Waals surface area contributed by atoms with Gasteiger partial charge in [0.1, 0.15) is 18.2 Å². The second-order valence-electron chi connectivity index (χ2n) is 6.94. The number of carbonyl (C=O) groups excluding carboxylic acids is 1. The summed E-state index contributed by atoms with van der Waals surface area (Å²) in [6, 6.07) is 13.3. The summed E-state index contributed by atoms with van der Waals surface area (Å²) in [6.07, 6.45) is 4.16. The molecule has 6 nitrogen and oxygen atoms in total. The van der Waals surface area contributed by atoms with Gasteiger partial charge in [-0.15, -0.1) is 0 Å². The zero-order chi connectivity index (χ0) is 18.5. The minimum atomic E-state index is 0.0707. The predicted molar refractivity (Wildman–Crippen MR) is 103 cm³/mol. The summed E-state index contributed by atoms with van der Waals surface area (Å²) in [5.41, 5.74) is 0.700. The lowest BCUT2D eigenvalue weighted by molar-refractivity contribution is 0.0678. The minimum Gasteiger partial charge on any atom is -0.491 e. The fourth-order valence-corrected chi connectivity index (χ4v) is 3.52. The van der Waals surface area contributed by atoms with E-state index in [9.17, 15) is 4.79 Å². The highest BCUT2D eigenvalue weighted by atomic mass is 16.5. The average Bonchev–Trinajstić information content (AvgIpc) is 3.27. The highest BCUT2D eigenvalue weighted by Crippen LogP contribution is 2.18. The first kappa shape index (κ1) is 17.8. The third-order valence-electron chi connectivity index (χ3n) is 5.10. The van der Waals surface area contributed by atoms with E-state index >= 15 is 0 Å². The Morgan fingerprint density at radius 1 is 1.11 bits per heavy atom. The van der Waals surface area contributed by atoms with Gasteiger partial charge in [0.15, 0.2) is 0 Å². The average molecular weight is 367 g/mol. The fourth-order valence-electron chi connectivity index (χ4n) is 3.52. The monoisotopic (exact) mass is 367 g/mol. The number of nitrogens with zero attached hydrogens (tertiary/aromatic N) is 3. The molecule has 0 aliphatic carbocycles. The van der Waals surface area contributed by atoms with Crippen LogP contribution in [0.5, 0.6) is 5.75 Å². The van der Waals surface area contributed by atoms with Crippen LogP contribution in [0.1, 0.15) is 23.2 Å². The van der Waals surface area contributed by atoms with Crippen LogP contribution in [0.4, 0.5) is 5.82 Å². The number of ether oxygens (including phenoxy) is 2. The third-order valence-corrected chi connectivity index (χ3v) is 5.10. The first-order chi connectivity index (χ1) is 13.3. The predicted octanol–water partition coefficient (Wildman–Crippen LogP) is 2.60. The van der Waals surface area contributed by atoms with Crippen LogP contribution in [-0.2, 0) is 4.74 Å². The molecule has 0 spiro atoms. The van der Waals surface area contributed by atoms with Gasteiger partial charge >= 0.3 is 0 Å². The maximum absolute atomic E-state index is 12.8. The molecule has 1 unspecified atom stereocenters. The molecular formula is C21H25N3O3. The van der Waals surface area contributed by atoms with Gasteiger partial charge in [0.2, 0.25) is 0 Å². The SMILES string of the molecule is O=C(c1ccc(OCC2CCCO2)cc1)N1CCN(c2ccccn2)CC1. The van der Waals surface area contributed by atoms with Crippen molar-refractivity contribution in [2.75, 3.05) is 44.3 Å². The second-order valence-corrected chi connectivity index (χ2v) is 6.94. The molecule has 27 heavy (non-hydrogen) atoms. The maximum Gasteiger partial charge on any atom is 0.253 e. The zero-order valence-electron chi connectivity index (χ0n) is 15.4. The van der Waals surface area contributed by atoms with E-state index in [1.165, 1.54) is 0 Å². The molecule has 1 aromatic carbocycles. The normalized spacial score (nSPS) is 19.9. The van der Waals surface area contributed by atoms with E-state index in [2.05, 4.69) is 9.88 Å². The number of piperazine rings is 1. The lowest BCUT2D eigenvalue weighted by Crippen LogP contribution is -2.49. The van der Waals surface area contributed by atoms with Crippen molar-refractivity contribution >= 4 is 11.7 Å². The molecule has 0 N–H and O–H groups in total. The zero-order valence-corrected chi connectivity index (χ0v) is 15.4. The molecule has 3 heterocycles. The van der Waals surface area contributed by atoms with Crippen LogP contribution in [-0.4, -0.2) is 61.3 Å². The van der Waals surface area contributed by atoms with Gasteiger partial charge in [-0.2, -0.15) is 0 Å². The Hall–Kier alpha value is -2.60. The van der Waals surface area contributed by atoms with Crippen LogP contribution in [0.15, 0.2) is 48.7 Å². The van der Waals surface area contributed by atoms with Crippen LogP contribution >= 0.6 is 0 Å². The van der Waals surface area contributed by atoms with Crippen molar-refractivity contribution in [3.63, 3.8) is 0 Å². The lowest BCUT2D eigenvalue weighted by Gasteiger charge is -2.35. The first-order valence-corrected chi connectivity index (χ1v) is 9.59. The Morgan fingerprint density at radius 2 is 1.93 bits per heavy atom. The van der Waals surface area contributed by atoms with Crippen LogP contribution in [0.25, 0.3) is 0 Å². The molecule has 2 aliphatic rings. The van der Waals surface area contributed by atoms with Gasteiger partial charge in [-0.05, 0) is 49.2 Å². The number of hydrogen-bond acceptors (Lipinski definition) is 5. The number of carbonyl (C=O) groups is 1. The summed E-state index contributed by atoms with van der Waals surface area (Å²) in [5.74, 6) is 1.82. The van der Waals surface area contributed by atoms with Gasteiger partial charge in [0.05, 0.1) is 6.10 Å². The molecule has 4 rings (SSSR count). The van der Waals surface area contributed by atoms with E-state index in [1.807, 2.05) is 47.4 Å². The van der Waals surface area contributed by atoms with Crippen molar-refractivity contribution in [1.29, 1.82) is 0 Å². The van der Waals surface area contributed by atoms with Crippen molar-refractivity contribution in [3.05, 3.63) is 54.2 Å². The van der Waals surface area contributed by atoms with E-state index in [0.29, 0.717) is 25.3 Å². The van der Waals surface area contributed by atoms with Crippen LogP contribution in [0.2, 0.25) is 0 Å². The Morgan fingerprint density at radius 3 is 2.59 bits per heavy atom. The molecule has 6 heteroatoms. The van der Waals surface area contributed by atoms with Gasteiger partial charge < -0.3 is 19.3 Å². The first-order valence-electron chi connectivity index (χ1n) is 9.59. The smallest absolute Gasteiger partial charge is 0.253 e. The fraction of sp³-hybridized carbons (Fsp3) is 0.429. The number of amides is 1. The molecule has 142 valence electrons.